The third-order valence-electron chi connectivity index (χ3n) is 15.4. The number of hydrogen-bond donors (Lipinski definition) is 0. The lowest BCUT2D eigenvalue weighted by Crippen LogP contribution is -2.68. The molecule has 5 saturated carbocycles. The fraction of sp³-hybridized carbons (Fsp3) is 1.00. The Morgan fingerprint density at radius 3 is 1.16 bits per heavy atom. The number of ether oxygens (including phenoxy) is 3. The second-order valence-electron chi connectivity index (χ2n) is 21.4. The number of hydrogen-bond acceptors (Lipinski definition) is 7. The highest BCUT2D eigenvalue weighted by Gasteiger charge is 2.64. The van der Waals surface area contributed by atoms with Crippen molar-refractivity contribution in [2.45, 2.75) is 221 Å². The maximum atomic E-state index is 7.94. The van der Waals surface area contributed by atoms with Crippen LogP contribution in [0.25, 0.3) is 0 Å². The minimum absolute atomic E-state index is 0.337. The van der Waals surface area contributed by atoms with Crippen LogP contribution in [0, 0.1) is 23.7 Å². The average molecular weight is 795 g/mol. The Hall–Kier alpha value is 0.804. The third-order valence-corrected chi connectivity index (χ3v) is 35.8. The summed E-state index contributed by atoms with van der Waals surface area (Å²) in [6, 6.07) is 3.44. The Morgan fingerprint density at radius 2 is 0.843 bits per heavy atom. The predicted molar refractivity (Wildman–Crippen MR) is 216 cm³/mol. The molecule has 0 N–H and O–H groups in total. The fourth-order valence-corrected chi connectivity index (χ4v) is 33.2. The summed E-state index contributed by atoms with van der Waals surface area (Å²) in [5.74, 6) is 3.17. The van der Waals surface area contributed by atoms with E-state index in [1.807, 2.05) is 0 Å². The predicted octanol–water partition coefficient (Wildman–Crippen LogP) is 10.5. The van der Waals surface area contributed by atoms with Gasteiger partial charge in [0, 0.05) is 0 Å². The van der Waals surface area contributed by atoms with Crippen LogP contribution in [0.5, 0.6) is 0 Å². The lowest BCUT2D eigenvalue weighted by Gasteiger charge is -2.50. The molecule has 0 spiro atoms. The highest BCUT2D eigenvalue weighted by molar-refractivity contribution is 6.92. The summed E-state index contributed by atoms with van der Waals surface area (Å²) in [7, 11) is -12.5. The summed E-state index contributed by atoms with van der Waals surface area (Å²) in [4.78, 5) is 0. The first-order valence-electron chi connectivity index (χ1n) is 21.8. The van der Waals surface area contributed by atoms with E-state index < -0.39 is 42.3 Å². The maximum Gasteiger partial charge on any atom is 0.637 e. The van der Waals surface area contributed by atoms with Gasteiger partial charge in [-0.05, 0) is 176 Å². The smallest absolute Gasteiger partial charge is 0.396 e. The van der Waals surface area contributed by atoms with Crippen molar-refractivity contribution in [3.8, 4) is 0 Å². The van der Waals surface area contributed by atoms with Crippen molar-refractivity contribution in [2.24, 2.45) is 23.7 Å². The number of fused-ring (bicyclic) bond motifs is 5. The van der Waals surface area contributed by atoms with Gasteiger partial charge in [-0.1, -0.05) is 32.1 Å². The second kappa shape index (κ2) is 14.3. The van der Waals surface area contributed by atoms with E-state index in [2.05, 4.69) is 52.4 Å². The molecule has 8 rings (SSSR count). The fourth-order valence-electron chi connectivity index (χ4n) is 11.7. The molecule has 0 aromatic heterocycles. The lowest BCUT2D eigenvalue weighted by molar-refractivity contribution is 0.138. The summed E-state index contributed by atoms with van der Waals surface area (Å²) in [5.41, 5.74) is 0. The molecule has 0 aromatic carbocycles. The Labute approximate surface area is 316 Å². The van der Waals surface area contributed by atoms with Crippen LogP contribution >= 0.6 is 0 Å². The van der Waals surface area contributed by atoms with Crippen LogP contribution in [0.1, 0.15) is 109 Å². The van der Waals surface area contributed by atoms with Gasteiger partial charge in [0.05, 0.1) is 36.6 Å². The largest absolute Gasteiger partial charge is 0.637 e. The highest BCUT2D eigenvalue weighted by Crippen LogP contribution is 2.65. The molecular weight excluding hydrogens is 721 g/mol. The Morgan fingerprint density at radius 1 is 0.471 bits per heavy atom. The highest BCUT2D eigenvalue weighted by atomic mass is 28.5. The van der Waals surface area contributed by atoms with Crippen molar-refractivity contribution in [3.63, 3.8) is 0 Å². The van der Waals surface area contributed by atoms with Crippen LogP contribution in [0.4, 0.5) is 0 Å². The van der Waals surface area contributed by atoms with Gasteiger partial charge in [0.15, 0.2) is 33.3 Å². The second-order valence-corrected chi connectivity index (χ2v) is 41.8. The summed E-state index contributed by atoms with van der Waals surface area (Å²) in [6.45, 7) is 19.8. The normalized spacial score (nSPS) is 41.4. The van der Waals surface area contributed by atoms with Gasteiger partial charge in [-0.2, -0.15) is 0 Å². The van der Waals surface area contributed by atoms with Crippen molar-refractivity contribution in [3.05, 3.63) is 0 Å². The lowest BCUT2D eigenvalue weighted by atomic mass is 9.88. The quantitative estimate of drug-likeness (QED) is 0.101. The van der Waals surface area contributed by atoms with Crippen LogP contribution < -0.4 is 0 Å². The standard InChI is InChI=1S/C39H74O7Si5/c1-47(2,22-17-29-9-12-33-36(25-29)40-33)43-51(46-50(7,8)39-20-15-32(28-39)16-21-39,44-48(3,4)23-18-30-10-13-34-37(26-30)41-34)45-49(5,6)24-19-31-11-14-35-38(27-31)42-35/h29-38H,9-28H2,1-8H3. The van der Waals surface area contributed by atoms with Gasteiger partial charge in [0.1, 0.15) is 0 Å². The molecule has 9 unspecified atom stereocenters. The van der Waals surface area contributed by atoms with E-state index in [1.54, 1.807) is 0 Å². The monoisotopic (exact) mass is 794 g/mol. The van der Waals surface area contributed by atoms with Gasteiger partial charge in [-0.15, -0.1) is 0 Å². The van der Waals surface area contributed by atoms with Crippen molar-refractivity contribution in [1.82, 2.24) is 0 Å². The third kappa shape index (κ3) is 9.34. The van der Waals surface area contributed by atoms with E-state index in [0.717, 1.165) is 41.8 Å². The van der Waals surface area contributed by atoms with E-state index >= 15 is 0 Å². The molecule has 0 radical (unpaired) electrons. The zero-order valence-corrected chi connectivity index (χ0v) is 38.8. The van der Waals surface area contributed by atoms with Gasteiger partial charge in [0.2, 0.25) is 0 Å². The van der Waals surface area contributed by atoms with E-state index in [1.165, 1.54) is 109 Å². The van der Waals surface area contributed by atoms with Gasteiger partial charge < -0.3 is 30.7 Å². The van der Waals surface area contributed by atoms with Crippen molar-refractivity contribution >= 4 is 42.3 Å². The SMILES string of the molecule is C[Si](C)(CCC1CCC2OC2C1)O[Si](O[Si](C)(C)CCC1CCC2OC2C1)(O[Si](C)(C)CCC1CCC2OC2C1)O[Si](C)(C)C12CCC(CC1)C2. The van der Waals surface area contributed by atoms with E-state index in [0.29, 0.717) is 41.7 Å². The minimum Gasteiger partial charge on any atom is -0.396 e. The first-order valence-corrected chi connectivity index (χ1v) is 35.7. The van der Waals surface area contributed by atoms with Crippen molar-refractivity contribution in [2.75, 3.05) is 0 Å². The topological polar surface area (TPSA) is 74.5 Å². The van der Waals surface area contributed by atoms with Gasteiger partial charge in [-0.3, -0.25) is 0 Å². The molecule has 3 aliphatic heterocycles. The van der Waals surface area contributed by atoms with E-state index in [4.69, 9.17) is 30.7 Å². The van der Waals surface area contributed by atoms with Crippen LogP contribution in [0.3, 0.4) is 0 Å². The van der Waals surface area contributed by atoms with Crippen LogP contribution in [0.15, 0.2) is 0 Å². The Balaban J connectivity index is 1.04. The Bertz CT molecular complexity index is 1130. The first-order chi connectivity index (χ1) is 24.0. The zero-order chi connectivity index (χ0) is 35.9. The molecule has 292 valence electrons. The molecule has 3 saturated heterocycles. The number of rotatable bonds is 18. The molecular formula is C39H74O7Si5. The first kappa shape index (κ1) is 38.7. The van der Waals surface area contributed by atoms with Crippen LogP contribution in [-0.2, 0) is 30.7 Å². The van der Waals surface area contributed by atoms with Gasteiger partial charge in [0.25, 0.3) is 0 Å². The minimum atomic E-state index is -3.55. The molecule has 8 aliphatic rings. The summed E-state index contributed by atoms with van der Waals surface area (Å²) in [5, 5.41) is 0.337. The summed E-state index contributed by atoms with van der Waals surface area (Å²) >= 11 is 0. The average Bonchev–Trinajstić information content (AvgIpc) is 4.00. The molecule has 2 bridgehead atoms. The summed E-state index contributed by atoms with van der Waals surface area (Å²) in [6.07, 6.45) is 25.2. The molecule has 7 nitrogen and oxygen atoms in total. The molecule has 0 amide bonds. The molecule has 5 aliphatic carbocycles. The van der Waals surface area contributed by atoms with Crippen LogP contribution in [0.2, 0.25) is 75.5 Å². The van der Waals surface area contributed by atoms with E-state index in [-0.39, 0.29) is 0 Å². The van der Waals surface area contributed by atoms with Crippen LogP contribution in [-0.4, -0.2) is 78.9 Å². The molecule has 0 aromatic rings. The van der Waals surface area contributed by atoms with Gasteiger partial charge in [-0.25, -0.2) is 0 Å². The molecule has 3 heterocycles. The molecule has 8 fully saturated rings. The molecule has 51 heavy (non-hydrogen) atoms. The number of epoxide rings is 3. The maximum absolute atomic E-state index is 7.94. The van der Waals surface area contributed by atoms with Crippen molar-refractivity contribution in [1.29, 1.82) is 0 Å². The summed E-state index contributed by atoms with van der Waals surface area (Å²) < 4.78 is 49.1. The Kier molecular flexibility index (Phi) is 10.9. The van der Waals surface area contributed by atoms with E-state index in [9.17, 15) is 0 Å². The molecule has 12 heteroatoms. The van der Waals surface area contributed by atoms with Gasteiger partial charge >= 0.3 is 9.05 Å². The molecule has 9 atom stereocenters. The zero-order valence-electron chi connectivity index (χ0n) is 33.8. The van der Waals surface area contributed by atoms with Crippen molar-refractivity contribution < 1.29 is 30.7 Å².